The van der Waals surface area contributed by atoms with Crippen LogP contribution < -0.4 is 4.72 Å². The molecule has 0 aliphatic heterocycles. The minimum atomic E-state index is -4.53. The zero-order valence-electron chi connectivity index (χ0n) is 10.0. The van der Waals surface area contributed by atoms with E-state index >= 15 is 0 Å². The van der Waals surface area contributed by atoms with Crippen molar-refractivity contribution in [3.8, 4) is 0 Å². The topological polar surface area (TPSA) is 46.2 Å². The lowest BCUT2D eigenvalue weighted by molar-refractivity contribution is 0.449. The molecular formula is C12H6ClF4NO2S. The minimum absolute atomic E-state index is 0.0366. The van der Waals surface area contributed by atoms with Crippen molar-refractivity contribution < 1.29 is 26.0 Å². The highest BCUT2D eigenvalue weighted by atomic mass is 35.5. The number of anilines is 1. The smallest absolute Gasteiger partial charge is 0.264 e. The van der Waals surface area contributed by atoms with Gasteiger partial charge in [0.05, 0.1) is 5.69 Å². The summed E-state index contributed by atoms with van der Waals surface area (Å²) in [6.07, 6.45) is 0. The van der Waals surface area contributed by atoms with Crippen molar-refractivity contribution in [1.29, 1.82) is 0 Å². The molecule has 0 spiro atoms. The first-order valence-electron chi connectivity index (χ1n) is 5.34. The fourth-order valence-corrected chi connectivity index (χ4v) is 2.78. The molecule has 0 fully saturated rings. The zero-order chi connectivity index (χ0) is 15.8. The maximum atomic E-state index is 13.6. The number of sulfonamides is 1. The normalized spacial score (nSPS) is 11.5. The van der Waals surface area contributed by atoms with E-state index in [1.807, 2.05) is 0 Å². The second-order valence-corrected chi connectivity index (χ2v) is 5.99. The Balaban J connectivity index is 2.45. The SMILES string of the molecule is O=S(=O)(Nc1ccc(F)c(F)c1F)c1ccc(Cl)cc1F. The highest BCUT2D eigenvalue weighted by Crippen LogP contribution is 2.25. The molecule has 112 valence electrons. The van der Waals surface area contributed by atoms with Gasteiger partial charge in [0.2, 0.25) is 0 Å². The third kappa shape index (κ3) is 3.11. The van der Waals surface area contributed by atoms with Crippen LogP contribution in [0.5, 0.6) is 0 Å². The summed E-state index contributed by atoms with van der Waals surface area (Å²) in [5.74, 6) is -6.22. The van der Waals surface area contributed by atoms with Gasteiger partial charge in [-0.05, 0) is 30.3 Å². The molecule has 1 N–H and O–H groups in total. The summed E-state index contributed by atoms with van der Waals surface area (Å²) < 4.78 is 78.2. The van der Waals surface area contributed by atoms with Crippen molar-refractivity contribution >= 4 is 27.3 Å². The summed E-state index contributed by atoms with van der Waals surface area (Å²) >= 11 is 5.48. The first-order chi connectivity index (χ1) is 9.72. The quantitative estimate of drug-likeness (QED) is 0.684. The van der Waals surface area contributed by atoms with Gasteiger partial charge in [0.1, 0.15) is 10.7 Å². The Morgan fingerprint density at radius 1 is 0.905 bits per heavy atom. The predicted octanol–water partition coefficient (Wildman–Crippen LogP) is 3.70. The van der Waals surface area contributed by atoms with Crippen LogP contribution in [0.25, 0.3) is 0 Å². The molecule has 2 aromatic carbocycles. The molecule has 9 heteroatoms. The number of hydrogen-bond acceptors (Lipinski definition) is 2. The molecule has 0 aromatic heterocycles. The van der Waals surface area contributed by atoms with Gasteiger partial charge in [-0.15, -0.1) is 0 Å². The third-order valence-electron chi connectivity index (χ3n) is 2.46. The van der Waals surface area contributed by atoms with Gasteiger partial charge in [0, 0.05) is 5.02 Å². The molecule has 0 amide bonds. The van der Waals surface area contributed by atoms with Crippen molar-refractivity contribution in [2.45, 2.75) is 4.90 Å². The van der Waals surface area contributed by atoms with E-state index in [-0.39, 0.29) is 5.02 Å². The molecule has 0 aliphatic rings. The van der Waals surface area contributed by atoms with Gasteiger partial charge in [-0.1, -0.05) is 11.6 Å². The van der Waals surface area contributed by atoms with Crippen LogP contribution in [0.3, 0.4) is 0 Å². The average molecular weight is 340 g/mol. The van der Waals surface area contributed by atoms with Crippen LogP contribution in [-0.4, -0.2) is 8.42 Å². The molecule has 3 nitrogen and oxygen atoms in total. The van der Waals surface area contributed by atoms with Crippen molar-refractivity contribution in [1.82, 2.24) is 0 Å². The molecule has 0 radical (unpaired) electrons. The lowest BCUT2D eigenvalue weighted by atomic mass is 10.3. The Morgan fingerprint density at radius 3 is 2.19 bits per heavy atom. The van der Waals surface area contributed by atoms with E-state index in [9.17, 15) is 26.0 Å². The van der Waals surface area contributed by atoms with Gasteiger partial charge < -0.3 is 0 Å². The van der Waals surface area contributed by atoms with E-state index in [2.05, 4.69) is 0 Å². The van der Waals surface area contributed by atoms with Crippen LogP contribution in [-0.2, 0) is 10.0 Å². The highest BCUT2D eigenvalue weighted by molar-refractivity contribution is 7.92. The van der Waals surface area contributed by atoms with E-state index in [1.54, 1.807) is 4.72 Å². The van der Waals surface area contributed by atoms with Gasteiger partial charge in [-0.25, -0.2) is 26.0 Å². The van der Waals surface area contributed by atoms with Gasteiger partial charge in [-0.2, -0.15) is 0 Å². The Kier molecular flexibility index (Phi) is 4.11. The third-order valence-corrected chi connectivity index (χ3v) is 4.10. The zero-order valence-corrected chi connectivity index (χ0v) is 11.6. The highest BCUT2D eigenvalue weighted by Gasteiger charge is 2.22. The number of halogens is 5. The van der Waals surface area contributed by atoms with Crippen molar-refractivity contribution in [2.75, 3.05) is 4.72 Å². The monoisotopic (exact) mass is 339 g/mol. The molecule has 0 saturated carbocycles. The first-order valence-corrected chi connectivity index (χ1v) is 7.20. The van der Waals surface area contributed by atoms with Crippen molar-refractivity contribution in [2.24, 2.45) is 0 Å². The van der Waals surface area contributed by atoms with E-state index in [1.165, 1.54) is 0 Å². The summed E-state index contributed by atoms with van der Waals surface area (Å²) in [5, 5.41) is -0.0366. The molecule has 0 heterocycles. The Morgan fingerprint density at radius 2 is 1.57 bits per heavy atom. The van der Waals surface area contributed by atoms with Crippen LogP contribution in [0.4, 0.5) is 23.2 Å². The molecular weight excluding hydrogens is 334 g/mol. The van der Waals surface area contributed by atoms with E-state index in [4.69, 9.17) is 11.6 Å². The summed E-state index contributed by atoms with van der Waals surface area (Å²) in [7, 11) is -4.53. The number of benzene rings is 2. The summed E-state index contributed by atoms with van der Waals surface area (Å²) in [4.78, 5) is -0.809. The van der Waals surface area contributed by atoms with Gasteiger partial charge in [-0.3, -0.25) is 4.72 Å². The lowest BCUT2D eigenvalue weighted by Gasteiger charge is -2.10. The molecule has 2 aromatic rings. The average Bonchev–Trinajstić information content (AvgIpc) is 2.39. The van der Waals surface area contributed by atoms with E-state index < -0.39 is 43.9 Å². The second-order valence-electron chi connectivity index (χ2n) is 3.90. The number of nitrogens with one attached hydrogen (secondary N) is 1. The second kappa shape index (κ2) is 5.53. The molecule has 0 aliphatic carbocycles. The van der Waals surface area contributed by atoms with Gasteiger partial charge in [0.25, 0.3) is 10.0 Å². The molecule has 0 unspecified atom stereocenters. The van der Waals surface area contributed by atoms with Gasteiger partial charge in [0.15, 0.2) is 17.5 Å². The van der Waals surface area contributed by atoms with Gasteiger partial charge >= 0.3 is 0 Å². The van der Waals surface area contributed by atoms with E-state index in [0.717, 1.165) is 18.2 Å². The minimum Gasteiger partial charge on any atom is -0.276 e. The Bertz CT molecular complexity index is 811. The largest absolute Gasteiger partial charge is 0.276 e. The van der Waals surface area contributed by atoms with Crippen molar-refractivity contribution in [3.63, 3.8) is 0 Å². The Labute approximate surface area is 122 Å². The number of rotatable bonds is 3. The van der Waals surface area contributed by atoms with Crippen LogP contribution in [0.1, 0.15) is 0 Å². The van der Waals surface area contributed by atoms with E-state index in [0.29, 0.717) is 12.1 Å². The summed E-state index contributed by atoms with van der Waals surface area (Å²) in [5.41, 5.74) is -0.844. The van der Waals surface area contributed by atoms with Crippen LogP contribution >= 0.6 is 11.6 Å². The summed E-state index contributed by atoms with van der Waals surface area (Å²) in [6.45, 7) is 0. The fourth-order valence-electron chi connectivity index (χ4n) is 1.50. The number of hydrogen-bond donors (Lipinski definition) is 1. The van der Waals surface area contributed by atoms with Crippen LogP contribution in [0.2, 0.25) is 5.02 Å². The maximum absolute atomic E-state index is 13.6. The fraction of sp³-hybridized carbons (Fsp3) is 0. The molecule has 21 heavy (non-hydrogen) atoms. The van der Waals surface area contributed by atoms with Crippen LogP contribution in [0.15, 0.2) is 35.2 Å². The molecule has 0 saturated heterocycles. The Hall–Kier alpha value is -1.80. The standard InChI is InChI=1S/C12H6ClF4NO2S/c13-6-1-4-10(8(15)5-6)21(19,20)18-9-3-2-7(14)11(16)12(9)17/h1-5,18H. The molecule has 0 atom stereocenters. The predicted molar refractivity (Wildman–Crippen MR) is 68.5 cm³/mol. The maximum Gasteiger partial charge on any atom is 0.264 e. The molecule has 0 bridgehead atoms. The van der Waals surface area contributed by atoms with Crippen molar-refractivity contribution in [3.05, 3.63) is 58.6 Å². The molecule has 2 rings (SSSR count). The lowest BCUT2D eigenvalue weighted by Crippen LogP contribution is -2.16. The first kappa shape index (κ1) is 15.6. The summed E-state index contributed by atoms with van der Waals surface area (Å²) in [6, 6.07) is 3.93. The van der Waals surface area contributed by atoms with Crippen LogP contribution in [0, 0.1) is 23.3 Å².